The predicted molar refractivity (Wildman–Crippen MR) is 94.8 cm³/mol. The van der Waals surface area contributed by atoms with Crippen molar-refractivity contribution in [3.8, 4) is 5.75 Å². The first kappa shape index (κ1) is 20.0. The zero-order chi connectivity index (χ0) is 14.1. The summed E-state index contributed by atoms with van der Waals surface area (Å²) in [5.74, 6) is 0.240. The molecule has 1 heterocycles. The van der Waals surface area contributed by atoms with Crippen LogP contribution in [0, 0.1) is 11.7 Å². The summed E-state index contributed by atoms with van der Waals surface area (Å²) in [5.41, 5.74) is 0.478. The lowest BCUT2D eigenvalue weighted by molar-refractivity contribution is 0.0792. The summed E-state index contributed by atoms with van der Waals surface area (Å²) in [5, 5.41) is 13.6. The topological polar surface area (TPSA) is 35.5 Å². The van der Waals surface area contributed by atoms with Crippen molar-refractivity contribution in [3.63, 3.8) is 0 Å². The highest BCUT2D eigenvalue weighted by Gasteiger charge is 2.37. The summed E-state index contributed by atoms with van der Waals surface area (Å²) in [6.45, 7) is 3.68. The third-order valence-corrected chi connectivity index (χ3v) is 5.19. The molecule has 0 amide bonds. The Kier molecular flexibility index (Phi) is 7.89. The number of nitrogens with zero attached hydrogens (tertiary/aromatic N) is 1. The van der Waals surface area contributed by atoms with E-state index >= 15 is 0 Å². The first-order chi connectivity index (χ1) is 9.68. The van der Waals surface area contributed by atoms with Gasteiger partial charge in [0.2, 0.25) is 0 Å². The Morgan fingerprint density at radius 2 is 1.86 bits per heavy atom. The quantitative estimate of drug-likeness (QED) is 0.786. The van der Waals surface area contributed by atoms with Gasteiger partial charge in [-0.2, -0.15) is 0 Å². The Bertz CT molecular complexity index is 497. The van der Waals surface area contributed by atoms with Crippen LogP contribution in [0.25, 0.3) is 0 Å². The second kappa shape index (κ2) is 8.69. The Labute approximate surface area is 151 Å². The number of rotatable bonds is 3. The van der Waals surface area contributed by atoms with Crippen LogP contribution in [0.5, 0.6) is 5.75 Å². The minimum atomic E-state index is -0.291. The van der Waals surface area contributed by atoms with Crippen LogP contribution >= 0.6 is 40.7 Å². The number of hydrogen-bond acceptors (Lipinski definition) is 3. The zero-order valence-electron chi connectivity index (χ0n) is 12.2. The standard InChI is InChI=1S/C15H20BrFN2O.2ClH/c16-11-4-5-12(17)13(15(11)20)14(10-2-1-3-10)19-8-6-18-7-9-19;;/h4-5,10,14,18,20H,1-3,6-9H2;2*1H/t14-;;/m1../s1. The number of halogens is 4. The van der Waals surface area contributed by atoms with Crippen molar-refractivity contribution in [3.05, 3.63) is 28.0 Å². The van der Waals surface area contributed by atoms with Gasteiger partial charge in [-0.3, -0.25) is 4.90 Å². The summed E-state index contributed by atoms with van der Waals surface area (Å²) in [6.07, 6.45) is 3.46. The number of piperazine rings is 1. The molecule has 1 saturated heterocycles. The molecule has 1 aliphatic carbocycles. The zero-order valence-corrected chi connectivity index (χ0v) is 15.4. The molecule has 0 bridgehead atoms. The Hall–Kier alpha value is -0.0700. The van der Waals surface area contributed by atoms with E-state index < -0.39 is 0 Å². The largest absolute Gasteiger partial charge is 0.506 e. The predicted octanol–water partition coefficient (Wildman–Crippen LogP) is 3.88. The van der Waals surface area contributed by atoms with E-state index in [0.29, 0.717) is 16.0 Å². The lowest BCUT2D eigenvalue weighted by Crippen LogP contribution is -2.48. The van der Waals surface area contributed by atoms with Gasteiger partial charge in [0.05, 0.1) is 4.47 Å². The van der Waals surface area contributed by atoms with Crippen LogP contribution in [-0.4, -0.2) is 36.2 Å². The number of benzene rings is 1. The summed E-state index contributed by atoms with van der Waals surface area (Å²) in [4.78, 5) is 2.32. The molecule has 1 atom stereocenters. The van der Waals surface area contributed by atoms with Crippen LogP contribution in [0.1, 0.15) is 30.9 Å². The first-order valence-electron chi connectivity index (χ1n) is 7.30. The van der Waals surface area contributed by atoms with Crippen molar-refractivity contribution in [2.45, 2.75) is 25.3 Å². The molecule has 0 unspecified atom stereocenters. The normalized spacial score (nSPS) is 20.5. The van der Waals surface area contributed by atoms with Crippen molar-refractivity contribution in [1.82, 2.24) is 10.2 Å². The molecule has 1 aliphatic heterocycles. The van der Waals surface area contributed by atoms with E-state index in [0.717, 1.165) is 39.0 Å². The van der Waals surface area contributed by atoms with Gasteiger partial charge in [0, 0.05) is 37.8 Å². The van der Waals surface area contributed by atoms with Gasteiger partial charge in [-0.15, -0.1) is 24.8 Å². The van der Waals surface area contributed by atoms with E-state index in [2.05, 4.69) is 26.1 Å². The molecule has 22 heavy (non-hydrogen) atoms. The smallest absolute Gasteiger partial charge is 0.137 e. The number of phenols is 1. The van der Waals surface area contributed by atoms with Gasteiger partial charge in [-0.1, -0.05) is 6.42 Å². The summed E-state index contributed by atoms with van der Waals surface area (Å²) in [7, 11) is 0. The molecule has 1 saturated carbocycles. The minimum Gasteiger partial charge on any atom is -0.506 e. The van der Waals surface area contributed by atoms with E-state index in [1.54, 1.807) is 6.07 Å². The molecule has 0 radical (unpaired) electrons. The Morgan fingerprint density at radius 3 is 2.41 bits per heavy atom. The molecule has 0 aromatic heterocycles. The molecular formula is C15H22BrCl2FN2O. The van der Waals surface area contributed by atoms with Crippen molar-refractivity contribution in [1.29, 1.82) is 0 Å². The Morgan fingerprint density at radius 1 is 1.23 bits per heavy atom. The minimum absolute atomic E-state index is 0. The number of nitrogens with one attached hydrogen (secondary N) is 1. The molecule has 1 aromatic carbocycles. The van der Waals surface area contributed by atoms with E-state index in [1.165, 1.54) is 12.5 Å². The SMILES string of the molecule is Cl.Cl.Oc1c(Br)ccc(F)c1[C@@H](C1CCC1)N1CCNCC1. The maximum Gasteiger partial charge on any atom is 0.137 e. The molecular weight excluding hydrogens is 394 g/mol. The fourth-order valence-electron chi connectivity index (χ4n) is 3.27. The molecule has 1 aromatic rings. The third kappa shape index (κ3) is 3.88. The lowest BCUT2D eigenvalue weighted by Gasteiger charge is -2.43. The molecule has 7 heteroatoms. The highest BCUT2D eigenvalue weighted by atomic mass is 79.9. The molecule has 2 N–H and O–H groups in total. The maximum absolute atomic E-state index is 14.3. The molecule has 0 spiro atoms. The van der Waals surface area contributed by atoms with Crippen LogP contribution < -0.4 is 5.32 Å². The third-order valence-electron chi connectivity index (χ3n) is 4.55. The average Bonchev–Trinajstić information content (AvgIpc) is 2.41. The van der Waals surface area contributed by atoms with Gasteiger partial charge in [-0.25, -0.2) is 4.39 Å². The lowest BCUT2D eigenvalue weighted by atomic mass is 9.76. The maximum atomic E-state index is 14.3. The van der Waals surface area contributed by atoms with Gasteiger partial charge in [-0.05, 0) is 46.8 Å². The molecule has 3 nitrogen and oxygen atoms in total. The van der Waals surface area contributed by atoms with Crippen molar-refractivity contribution in [2.75, 3.05) is 26.2 Å². The highest BCUT2D eigenvalue weighted by Crippen LogP contribution is 2.46. The number of hydrogen-bond donors (Lipinski definition) is 2. The van der Waals surface area contributed by atoms with E-state index in [1.807, 2.05) is 0 Å². The van der Waals surface area contributed by atoms with Gasteiger partial charge in [0.15, 0.2) is 0 Å². The second-order valence-corrected chi connectivity index (χ2v) is 6.57. The fraction of sp³-hybridized carbons (Fsp3) is 0.600. The van der Waals surface area contributed by atoms with Crippen LogP contribution in [-0.2, 0) is 0 Å². The summed E-state index contributed by atoms with van der Waals surface area (Å²) >= 11 is 3.31. The van der Waals surface area contributed by atoms with Crippen molar-refractivity contribution in [2.24, 2.45) is 5.92 Å². The van der Waals surface area contributed by atoms with Gasteiger partial charge < -0.3 is 10.4 Å². The summed E-state index contributed by atoms with van der Waals surface area (Å²) in [6, 6.07) is 3.03. The van der Waals surface area contributed by atoms with Crippen molar-refractivity contribution >= 4 is 40.7 Å². The molecule has 2 fully saturated rings. The van der Waals surface area contributed by atoms with E-state index in [4.69, 9.17) is 0 Å². The monoisotopic (exact) mass is 414 g/mol. The highest BCUT2D eigenvalue weighted by molar-refractivity contribution is 9.10. The first-order valence-corrected chi connectivity index (χ1v) is 8.09. The Balaban J connectivity index is 0.00000121. The van der Waals surface area contributed by atoms with Crippen LogP contribution in [0.2, 0.25) is 0 Å². The molecule has 2 aliphatic rings. The van der Waals surface area contributed by atoms with Gasteiger partial charge in [0.1, 0.15) is 11.6 Å². The van der Waals surface area contributed by atoms with Gasteiger partial charge >= 0.3 is 0 Å². The number of aromatic hydroxyl groups is 1. The molecule has 126 valence electrons. The molecule has 3 rings (SSSR count). The van der Waals surface area contributed by atoms with Crippen LogP contribution in [0.4, 0.5) is 4.39 Å². The average molecular weight is 416 g/mol. The summed E-state index contributed by atoms with van der Waals surface area (Å²) < 4.78 is 14.9. The van der Waals surface area contributed by atoms with E-state index in [-0.39, 0.29) is 42.4 Å². The van der Waals surface area contributed by atoms with E-state index in [9.17, 15) is 9.50 Å². The second-order valence-electron chi connectivity index (χ2n) is 5.71. The van der Waals surface area contributed by atoms with Crippen LogP contribution in [0.3, 0.4) is 0 Å². The van der Waals surface area contributed by atoms with Crippen LogP contribution in [0.15, 0.2) is 16.6 Å². The van der Waals surface area contributed by atoms with Gasteiger partial charge in [0.25, 0.3) is 0 Å². The number of phenolic OH excluding ortho intramolecular Hbond substituents is 1. The fourth-order valence-corrected chi connectivity index (χ4v) is 3.62. The van der Waals surface area contributed by atoms with Crippen molar-refractivity contribution < 1.29 is 9.50 Å².